The number of nitrogens with one attached hydrogen (secondary N) is 1. The Morgan fingerprint density at radius 1 is 1.30 bits per heavy atom. The molecule has 1 fully saturated rings. The highest BCUT2D eigenvalue weighted by Gasteiger charge is 2.32. The zero-order chi connectivity index (χ0) is 15.8. The molecule has 0 aliphatic carbocycles. The van der Waals surface area contributed by atoms with E-state index >= 15 is 0 Å². The molecule has 1 aliphatic heterocycles. The maximum absolute atomic E-state index is 13.3. The van der Waals surface area contributed by atoms with E-state index in [4.69, 9.17) is 0 Å². The van der Waals surface area contributed by atoms with Gasteiger partial charge in [-0.3, -0.25) is 4.79 Å². The van der Waals surface area contributed by atoms with Gasteiger partial charge in [0.15, 0.2) is 0 Å². The average Bonchev–Trinajstić information content (AvgIpc) is 3.20. The summed E-state index contributed by atoms with van der Waals surface area (Å²) in [5.41, 5.74) is 1.85. The summed E-state index contributed by atoms with van der Waals surface area (Å²) < 4.78 is 13.3. The predicted molar refractivity (Wildman–Crippen MR) is 81.1 cm³/mol. The fourth-order valence-corrected chi connectivity index (χ4v) is 3.04. The molecule has 0 spiro atoms. The fourth-order valence-electron chi connectivity index (χ4n) is 3.04. The quantitative estimate of drug-likeness (QED) is 0.789. The normalized spacial score (nSPS) is 17.8. The molecule has 1 aliphatic rings. The minimum absolute atomic E-state index is 0.0889. The number of fused-ring (bicyclic) bond motifs is 1. The smallest absolute Gasteiger partial charge is 0.256 e. The molecule has 3 aromatic rings. The molecule has 1 saturated heterocycles. The topological polar surface area (TPSA) is 74.8 Å². The third kappa shape index (κ3) is 2.44. The lowest BCUT2D eigenvalue weighted by molar-refractivity contribution is 0.0730. The van der Waals surface area contributed by atoms with E-state index in [1.807, 2.05) is 0 Å². The number of aromatic nitrogens is 4. The number of carbonyl (C=O) groups excluding carboxylic acids is 1. The number of hydrogen-bond acceptors (Lipinski definition) is 4. The Morgan fingerprint density at radius 2 is 2.22 bits per heavy atom. The molecule has 1 atom stereocenters. The van der Waals surface area contributed by atoms with Gasteiger partial charge in [-0.05, 0) is 37.1 Å². The van der Waals surface area contributed by atoms with E-state index in [1.54, 1.807) is 17.0 Å². The van der Waals surface area contributed by atoms with Gasteiger partial charge in [-0.1, -0.05) is 0 Å². The standard InChI is InChI=1S/C16H14FN5O/c17-11-3-4-12-13(8-11)21-15(20-12)14-2-1-7-22(14)16(23)10-5-6-18-19-9-10/h3-6,8-9,14H,1-2,7H2,(H,20,21)/t14-/m1/s1. The van der Waals surface area contributed by atoms with E-state index in [2.05, 4.69) is 20.2 Å². The van der Waals surface area contributed by atoms with Crippen LogP contribution in [-0.2, 0) is 0 Å². The molecule has 0 radical (unpaired) electrons. The van der Waals surface area contributed by atoms with Gasteiger partial charge in [0.05, 0.1) is 35.0 Å². The van der Waals surface area contributed by atoms with Gasteiger partial charge in [-0.15, -0.1) is 0 Å². The van der Waals surface area contributed by atoms with Crippen molar-refractivity contribution in [3.05, 3.63) is 53.9 Å². The minimum Gasteiger partial charge on any atom is -0.340 e. The Morgan fingerprint density at radius 3 is 3.04 bits per heavy atom. The highest BCUT2D eigenvalue weighted by atomic mass is 19.1. The van der Waals surface area contributed by atoms with Crippen LogP contribution in [0.25, 0.3) is 11.0 Å². The van der Waals surface area contributed by atoms with Gasteiger partial charge in [0.1, 0.15) is 11.6 Å². The number of H-pyrrole nitrogens is 1. The van der Waals surface area contributed by atoms with Crippen molar-refractivity contribution in [3.63, 3.8) is 0 Å². The second kappa shape index (κ2) is 5.42. The van der Waals surface area contributed by atoms with Gasteiger partial charge in [-0.25, -0.2) is 9.37 Å². The first-order chi connectivity index (χ1) is 11.2. The van der Waals surface area contributed by atoms with E-state index in [0.29, 0.717) is 29.0 Å². The Balaban J connectivity index is 1.67. The summed E-state index contributed by atoms with van der Waals surface area (Å²) in [5, 5.41) is 7.45. The molecule has 2 aromatic heterocycles. The zero-order valence-electron chi connectivity index (χ0n) is 12.2. The van der Waals surface area contributed by atoms with Gasteiger partial charge in [-0.2, -0.15) is 10.2 Å². The molecule has 6 nitrogen and oxygen atoms in total. The summed E-state index contributed by atoms with van der Waals surface area (Å²) in [6.45, 7) is 0.664. The van der Waals surface area contributed by atoms with Crippen LogP contribution in [0.4, 0.5) is 4.39 Å². The lowest BCUT2D eigenvalue weighted by Crippen LogP contribution is -2.31. The van der Waals surface area contributed by atoms with E-state index in [9.17, 15) is 9.18 Å². The van der Waals surface area contributed by atoms with Gasteiger partial charge < -0.3 is 9.88 Å². The number of aromatic amines is 1. The molecule has 0 saturated carbocycles. The molecule has 3 heterocycles. The van der Waals surface area contributed by atoms with Crippen LogP contribution in [0.3, 0.4) is 0 Å². The van der Waals surface area contributed by atoms with Crippen molar-refractivity contribution in [3.8, 4) is 0 Å². The van der Waals surface area contributed by atoms with Crippen LogP contribution in [0.5, 0.6) is 0 Å². The SMILES string of the molecule is O=C(c1ccnnc1)N1CCC[C@@H]1c1nc2ccc(F)cc2[nH]1. The van der Waals surface area contributed by atoms with E-state index < -0.39 is 0 Å². The fraction of sp³-hybridized carbons (Fsp3) is 0.250. The van der Waals surface area contributed by atoms with Crippen molar-refractivity contribution >= 4 is 16.9 Å². The van der Waals surface area contributed by atoms with Crippen LogP contribution >= 0.6 is 0 Å². The van der Waals surface area contributed by atoms with Crippen LogP contribution in [-0.4, -0.2) is 37.5 Å². The number of carbonyl (C=O) groups is 1. The molecule has 1 amide bonds. The molecule has 23 heavy (non-hydrogen) atoms. The van der Waals surface area contributed by atoms with E-state index in [-0.39, 0.29) is 17.8 Å². The molecule has 4 rings (SSSR count). The number of rotatable bonds is 2. The van der Waals surface area contributed by atoms with E-state index in [0.717, 1.165) is 12.8 Å². The van der Waals surface area contributed by atoms with Crippen molar-refractivity contribution in [2.24, 2.45) is 0 Å². The molecule has 1 aromatic carbocycles. The maximum Gasteiger partial charge on any atom is 0.256 e. The third-order valence-corrected chi connectivity index (χ3v) is 4.12. The molecule has 1 N–H and O–H groups in total. The number of nitrogens with zero attached hydrogens (tertiary/aromatic N) is 4. The molecular weight excluding hydrogens is 297 g/mol. The summed E-state index contributed by atoms with van der Waals surface area (Å²) in [4.78, 5) is 22.1. The number of likely N-dealkylation sites (tertiary alicyclic amines) is 1. The van der Waals surface area contributed by atoms with Crippen molar-refractivity contribution in [1.82, 2.24) is 25.1 Å². The molecule has 0 unspecified atom stereocenters. The van der Waals surface area contributed by atoms with Gasteiger partial charge in [0.25, 0.3) is 5.91 Å². The summed E-state index contributed by atoms with van der Waals surface area (Å²) in [7, 11) is 0. The summed E-state index contributed by atoms with van der Waals surface area (Å²) in [6.07, 6.45) is 4.70. The third-order valence-electron chi connectivity index (χ3n) is 4.12. The number of amides is 1. The van der Waals surface area contributed by atoms with Gasteiger partial charge >= 0.3 is 0 Å². The Hall–Kier alpha value is -2.83. The lowest BCUT2D eigenvalue weighted by Gasteiger charge is -2.23. The lowest BCUT2D eigenvalue weighted by atomic mass is 10.2. The first-order valence-electron chi connectivity index (χ1n) is 7.45. The monoisotopic (exact) mass is 311 g/mol. The van der Waals surface area contributed by atoms with Crippen LogP contribution < -0.4 is 0 Å². The molecule has 116 valence electrons. The molecule has 7 heteroatoms. The largest absolute Gasteiger partial charge is 0.340 e. The summed E-state index contributed by atoms with van der Waals surface area (Å²) >= 11 is 0. The highest BCUT2D eigenvalue weighted by molar-refractivity contribution is 5.94. The van der Waals surface area contributed by atoms with Crippen LogP contribution in [0.2, 0.25) is 0 Å². The predicted octanol–water partition coefficient (Wildman–Crippen LogP) is 2.47. The van der Waals surface area contributed by atoms with Crippen molar-refractivity contribution in [1.29, 1.82) is 0 Å². The number of imidazole rings is 1. The second-order valence-electron chi connectivity index (χ2n) is 5.57. The highest BCUT2D eigenvalue weighted by Crippen LogP contribution is 2.32. The van der Waals surface area contributed by atoms with Crippen molar-refractivity contribution in [2.45, 2.75) is 18.9 Å². The zero-order valence-corrected chi connectivity index (χ0v) is 12.2. The van der Waals surface area contributed by atoms with Gasteiger partial charge in [0.2, 0.25) is 0 Å². The first-order valence-corrected chi connectivity index (χ1v) is 7.45. The van der Waals surface area contributed by atoms with Crippen molar-refractivity contribution in [2.75, 3.05) is 6.54 Å². The maximum atomic E-state index is 13.3. The number of halogens is 1. The van der Waals surface area contributed by atoms with Gasteiger partial charge in [0, 0.05) is 6.54 Å². The second-order valence-corrected chi connectivity index (χ2v) is 5.57. The van der Waals surface area contributed by atoms with E-state index in [1.165, 1.54) is 24.5 Å². The van der Waals surface area contributed by atoms with Crippen molar-refractivity contribution < 1.29 is 9.18 Å². The minimum atomic E-state index is -0.310. The number of benzene rings is 1. The summed E-state index contributed by atoms with van der Waals surface area (Å²) in [5.74, 6) is 0.294. The van der Waals surface area contributed by atoms with Crippen LogP contribution in [0.15, 0.2) is 36.7 Å². The summed E-state index contributed by atoms with van der Waals surface area (Å²) in [6, 6.07) is 5.95. The molecular formula is C16H14FN5O. The first kappa shape index (κ1) is 13.8. The molecule has 0 bridgehead atoms. The van der Waals surface area contributed by atoms with Crippen LogP contribution in [0, 0.1) is 5.82 Å². The Kier molecular flexibility index (Phi) is 3.25. The number of hydrogen-bond donors (Lipinski definition) is 1. The average molecular weight is 311 g/mol. The Bertz CT molecular complexity index is 863. The van der Waals surface area contributed by atoms with Crippen LogP contribution in [0.1, 0.15) is 35.1 Å². The Labute approximate surface area is 131 Å².